The molecule has 0 radical (unpaired) electrons. The molecule has 23 heavy (non-hydrogen) atoms. The van der Waals surface area contributed by atoms with Gasteiger partial charge >= 0.3 is 0 Å². The van der Waals surface area contributed by atoms with Gasteiger partial charge in [-0.2, -0.15) is 0 Å². The molecule has 0 saturated heterocycles. The maximum absolute atomic E-state index is 11.1. The zero-order valence-corrected chi connectivity index (χ0v) is 12.6. The van der Waals surface area contributed by atoms with Gasteiger partial charge in [-0.1, -0.05) is 30.3 Å². The molecular formula is C18H15N2O3-. The number of nitrogens with one attached hydrogen (secondary N) is 1. The van der Waals surface area contributed by atoms with Crippen molar-refractivity contribution >= 4 is 29.2 Å². The number of carboxylic acids is 1. The smallest absolute Gasteiger partial charge is 0.131 e. The molecule has 5 nitrogen and oxygen atoms in total. The number of H-pyrrole nitrogens is 1. The zero-order valence-electron chi connectivity index (χ0n) is 12.6. The zero-order chi connectivity index (χ0) is 16.2. The van der Waals surface area contributed by atoms with Crippen LogP contribution < -0.4 is 9.84 Å². The molecular weight excluding hydrogens is 292 g/mol. The van der Waals surface area contributed by atoms with Crippen LogP contribution in [0.2, 0.25) is 0 Å². The summed E-state index contributed by atoms with van der Waals surface area (Å²) in [5.74, 6) is 0.179. The second-order valence-electron chi connectivity index (χ2n) is 4.95. The van der Waals surface area contributed by atoms with E-state index in [4.69, 9.17) is 4.74 Å². The van der Waals surface area contributed by atoms with Crippen molar-refractivity contribution in [2.45, 2.75) is 6.92 Å². The Morgan fingerprint density at radius 1 is 1.22 bits per heavy atom. The predicted octanol–water partition coefficient (Wildman–Crippen LogP) is 2.50. The number of imidazole rings is 1. The number of carboxylic acid groups (broad SMARTS) is 1. The third-order valence-electron chi connectivity index (χ3n) is 3.38. The maximum atomic E-state index is 11.1. The number of aromatic carboxylic acids is 1. The van der Waals surface area contributed by atoms with Crippen LogP contribution in [0.4, 0.5) is 0 Å². The van der Waals surface area contributed by atoms with Gasteiger partial charge in [-0.15, -0.1) is 0 Å². The van der Waals surface area contributed by atoms with Gasteiger partial charge in [0.1, 0.15) is 11.6 Å². The topological polar surface area (TPSA) is 78.0 Å². The number of hydrogen-bond acceptors (Lipinski definition) is 4. The molecule has 1 aromatic heterocycles. The van der Waals surface area contributed by atoms with E-state index in [-0.39, 0.29) is 5.56 Å². The molecule has 5 heteroatoms. The van der Waals surface area contributed by atoms with E-state index >= 15 is 0 Å². The summed E-state index contributed by atoms with van der Waals surface area (Å²) in [6.45, 7) is 2.57. The Morgan fingerprint density at radius 2 is 2.00 bits per heavy atom. The number of carbonyl (C=O) groups is 1. The maximum Gasteiger partial charge on any atom is 0.131 e. The van der Waals surface area contributed by atoms with Crippen molar-refractivity contribution in [2.24, 2.45) is 0 Å². The van der Waals surface area contributed by atoms with Gasteiger partial charge in [-0.3, -0.25) is 0 Å². The molecule has 0 spiro atoms. The van der Waals surface area contributed by atoms with E-state index in [1.165, 1.54) is 6.07 Å². The van der Waals surface area contributed by atoms with Crippen LogP contribution in [0.25, 0.3) is 23.2 Å². The number of benzene rings is 2. The monoisotopic (exact) mass is 307 g/mol. The van der Waals surface area contributed by atoms with Crippen molar-refractivity contribution in [1.82, 2.24) is 9.97 Å². The van der Waals surface area contributed by atoms with Crippen LogP contribution >= 0.6 is 0 Å². The molecule has 1 heterocycles. The lowest BCUT2D eigenvalue weighted by molar-refractivity contribution is -0.254. The van der Waals surface area contributed by atoms with Crippen LogP contribution in [0.3, 0.4) is 0 Å². The summed E-state index contributed by atoms with van der Waals surface area (Å²) in [5.41, 5.74) is 2.14. The van der Waals surface area contributed by atoms with E-state index < -0.39 is 5.97 Å². The standard InChI is InChI=1S/C18H16N2O3/c1-2-23-13-9-6-12(7-10-13)8-11-16-19-15-5-3-4-14(18(21)22)17(15)20-16/h3-11H,2H2,1H3,(H,19,20)(H,21,22)/p-1/b11-8+. The van der Waals surface area contributed by atoms with Gasteiger partial charge in [-0.05, 0) is 36.8 Å². The van der Waals surface area contributed by atoms with Crippen molar-refractivity contribution < 1.29 is 14.6 Å². The largest absolute Gasteiger partial charge is 0.545 e. The van der Waals surface area contributed by atoms with Crippen molar-refractivity contribution in [3.05, 3.63) is 59.4 Å². The van der Waals surface area contributed by atoms with E-state index in [0.29, 0.717) is 23.5 Å². The number of rotatable bonds is 5. The van der Waals surface area contributed by atoms with Crippen LogP contribution in [0.5, 0.6) is 5.75 Å². The Hall–Kier alpha value is -3.08. The normalized spacial score (nSPS) is 11.2. The Labute approximate surface area is 133 Å². The van der Waals surface area contributed by atoms with E-state index in [2.05, 4.69) is 9.97 Å². The quantitative estimate of drug-likeness (QED) is 0.785. The fourth-order valence-electron chi connectivity index (χ4n) is 2.31. The van der Waals surface area contributed by atoms with E-state index in [0.717, 1.165) is 11.3 Å². The number of para-hydroxylation sites is 1. The average Bonchev–Trinajstić information content (AvgIpc) is 2.97. The van der Waals surface area contributed by atoms with Crippen LogP contribution in [0.1, 0.15) is 28.7 Å². The van der Waals surface area contributed by atoms with Crippen molar-refractivity contribution in [1.29, 1.82) is 0 Å². The van der Waals surface area contributed by atoms with Gasteiger partial charge in [0.25, 0.3) is 0 Å². The molecule has 0 bridgehead atoms. The SMILES string of the molecule is CCOc1ccc(/C=C/c2nc3c(C(=O)[O-])cccc3[nH]2)cc1. The third kappa shape index (κ3) is 3.23. The first-order chi connectivity index (χ1) is 11.2. The van der Waals surface area contributed by atoms with E-state index in [9.17, 15) is 9.90 Å². The summed E-state index contributed by atoms with van der Waals surface area (Å²) in [7, 11) is 0. The molecule has 2 aromatic carbocycles. The lowest BCUT2D eigenvalue weighted by Crippen LogP contribution is -2.22. The van der Waals surface area contributed by atoms with E-state index in [1.807, 2.05) is 37.3 Å². The summed E-state index contributed by atoms with van der Waals surface area (Å²) in [4.78, 5) is 18.5. The lowest BCUT2D eigenvalue weighted by Gasteiger charge is -2.02. The van der Waals surface area contributed by atoms with E-state index in [1.54, 1.807) is 18.2 Å². The Kier molecular flexibility index (Phi) is 4.10. The van der Waals surface area contributed by atoms with Crippen LogP contribution in [-0.2, 0) is 0 Å². The fraction of sp³-hybridized carbons (Fsp3) is 0.111. The number of aromatic nitrogens is 2. The fourth-order valence-corrected chi connectivity index (χ4v) is 2.31. The van der Waals surface area contributed by atoms with Crippen LogP contribution in [-0.4, -0.2) is 22.5 Å². The van der Waals surface area contributed by atoms with Crippen LogP contribution in [0, 0.1) is 0 Å². The summed E-state index contributed by atoms with van der Waals surface area (Å²) in [5, 5.41) is 11.1. The number of aromatic amines is 1. The summed E-state index contributed by atoms with van der Waals surface area (Å²) in [6, 6.07) is 12.6. The highest BCUT2D eigenvalue weighted by molar-refractivity contribution is 6.00. The summed E-state index contributed by atoms with van der Waals surface area (Å²) in [6.07, 6.45) is 3.70. The Morgan fingerprint density at radius 3 is 2.70 bits per heavy atom. The van der Waals surface area contributed by atoms with Gasteiger partial charge in [0.05, 0.1) is 23.6 Å². The number of carbonyl (C=O) groups excluding carboxylic acids is 1. The molecule has 3 aromatic rings. The molecule has 3 rings (SSSR count). The molecule has 0 unspecified atom stereocenters. The second kappa shape index (κ2) is 6.36. The van der Waals surface area contributed by atoms with Crippen LogP contribution in [0.15, 0.2) is 42.5 Å². The van der Waals surface area contributed by atoms with Gasteiger partial charge in [0.2, 0.25) is 0 Å². The number of hydrogen-bond donors (Lipinski definition) is 1. The average molecular weight is 307 g/mol. The molecule has 0 atom stereocenters. The first-order valence-electron chi connectivity index (χ1n) is 7.28. The number of nitrogens with zero attached hydrogens (tertiary/aromatic N) is 1. The third-order valence-corrected chi connectivity index (χ3v) is 3.38. The lowest BCUT2D eigenvalue weighted by atomic mass is 10.2. The first-order valence-corrected chi connectivity index (χ1v) is 7.28. The summed E-state index contributed by atoms with van der Waals surface area (Å²) >= 11 is 0. The van der Waals surface area contributed by atoms with Gasteiger partial charge in [0, 0.05) is 5.56 Å². The van der Waals surface area contributed by atoms with Gasteiger partial charge < -0.3 is 19.6 Å². The van der Waals surface area contributed by atoms with Gasteiger partial charge in [-0.25, -0.2) is 4.98 Å². The Balaban J connectivity index is 1.86. The van der Waals surface area contributed by atoms with Crippen molar-refractivity contribution in [3.8, 4) is 5.75 Å². The highest BCUT2D eigenvalue weighted by atomic mass is 16.5. The predicted molar refractivity (Wildman–Crippen MR) is 87.0 cm³/mol. The summed E-state index contributed by atoms with van der Waals surface area (Å²) < 4.78 is 5.39. The molecule has 0 saturated carbocycles. The Bertz CT molecular complexity index is 864. The minimum atomic E-state index is -1.23. The molecule has 0 amide bonds. The first kappa shape index (κ1) is 14.8. The molecule has 116 valence electrons. The molecule has 0 aliphatic rings. The molecule has 0 aliphatic carbocycles. The number of ether oxygens (including phenoxy) is 1. The van der Waals surface area contributed by atoms with Crippen molar-refractivity contribution in [3.63, 3.8) is 0 Å². The highest BCUT2D eigenvalue weighted by Gasteiger charge is 2.06. The van der Waals surface area contributed by atoms with Crippen molar-refractivity contribution in [2.75, 3.05) is 6.61 Å². The number of fused-ring (bicyclic) bond motifs is 1. The minimum Gasteiger partial charge on any atom is -0.545 e. The molecule has 0 aliphatic heterocycles. The highest BCUT2D eigenvalue weighted by Crippen LogP contribution is 2.18. The minimum absolute atomic E-state index is 0.0828. The van der Waals surface area contributed by atoms with Gasteiger partial charge in [0.15, 0.2) is 0 Å². The second-order valence-corrected chi connectivity index (χ2v) is 4.95. The molecule has 1 N–H and O–H groups in total. The molecule has 0 fully saturated rings.